The van der Waals surface area contributed by atoms with Gasteiger partial charge in [0.1, 0.15) is 18.2 Å². The summed E-state index contributed by atoms with van der Waals surface area (Å²) in [6.45, 7) is 0. The Labute approximate surface area is 340 Å². The molecule has 5 heteroatoms. The molecule has 12 rings (SSSR count). The van der Waals surface area contributed by atoms with E-state index in [1.165, 1.54) is 97.2 Å². The zero-order valence-electron chi connectivity index (χ0n) is 32.7. The normalized spacial score (nSPS) is 24.7. The van der Waals surface area contributed by atoms with Crippen molar-refractivity contribution in [2.45, 2.75) is 63.2 Å². The first kappa shape index (κ1) is 33.9. The molecule has 2 aliphatic heterocycles. The summed E-state index contributed by atoms with van der Waals surface area (Å²) in [5, 5.41) is 10.3. The Bertz CT molecular complexity index is 2760. The minimum Gasteiger partial charge on any atom is -0.351 e. The second kappa shape index (κ2) is 13.7. The second-order valence-electron chi connectivity index (χ2n) is 17.0. The van der Waals surface area contributed by atoms with Crippen molar-refractivity contribution in [2.24, 2.45) is 16.8 Å². The van der Waals surface area contributed by atoms with Crippen molar-refractivity contribution in [3.05, 3.63) is 197 Å². The molecule has 5 aromatic carbocycles. The van der Waals surface area contributed by atoms with Crippen molar-refractivity contribution in [1.82, 2.24) is 15.2 Å². The Kier molecular flexibility index (Phi) is 8.04. The topological polar surface area (TPSA) is 44.6 Å². The van der Waals surface area contributed by atoms with Crippen LogP contribution in [0.25, 0.3) is 33.6 Å². The second-order valence-corrected chi connectivity index (χ2v) is 17.0. The van der Waals surface area contributed by atoms with Crippen molar-refractivity contribution >= 4 is 39.4 Å². The van der Waals surface area contributed by atoms with Crippen molar-refractivity contribution in [3.8, 4) is 5.69 Å². The summed E-state index contributed by atoms with van der Waals surface area (Å²) in [6, 6.07) is 44.6. The van der Waals surface area contributed by atoms with Crippen molar-refractivity contribution in [3.63, 3.8) is 0 Å². The van der Waals surface area contributed by atoms with Gasteiger partial charge in [0.25, 0.3) is 0 Å². The molecule has 6 aliphatic rings. The van der Waals surface area contributed by atoms with E-state index in [0.717, 1.165) is 31.5 Å². The highest BCUT2D eigenvalue weighted by Gasteiger charge is 2.40. The molecular weight excluding hydrogens is 707 g/mol. The summed E-state index contributed by atoms with van der Waals surface area (Å²) < 4.78 is 2.49. The van der Waals surface area contributed by atoms with Gasteiger partial charge in [-0.1, -0.05) is 121 Å². The van der Waals surface area contributed by atoms with Gasteiger partial charge in [-0.25, -0.2) is 4.99 Å². The number of fused-ring (bicyclic) bond motifs is 8. The number of anilines is 1. The lowest BCUT2D eigenvalue weighted by atomic mass is 9.79. The number of benzene rings is 5. The van der Waals surface area contributed by atoms with Crippen LogP contribution in [0.4, 0.5) is 5.69 Å². The lowest BCUT2D eigenvalue weighted by Gasteiger charge is -2.38. The SMILES string of the molecule is C1=CC(C2N=C(C3=CC=C4C=C(N5C6=Cc7c(cccc7-n7c8ccccc8c8ccccc87)CC6c6ccccc65)CCC4C3)NC(c3ccccc3)N2)CCC1. The largest absolute Gasteiger partial charge is 0.351 e. The van der Waals surface area contributed by atoms with Crippen LogP contribution < -0.4 is 15.5 Å². The van der Waals surface area contributed by atoms with Gasteiger partial charge < -0.3 is 14.8 Å². The van der Waals surface area contributed by atoms with Gasteiger partial charge in [-0.3, -0.25) is 5.32 Å². The van der Waals surface area contributed by atoms with Crippen molar-refractivity contribution < 1.29 is 0 Å². The fourth-order valence-corrected chi connectivity index (χ4v) is 10.9. The van der Waals surface area contributed by atoms with E-state index in [-0.39, 0.29) is 12.3 Å². The number of para-hydroxylation sites is 3. The number of nitrogens with zero attached hydrogens (tertiary/aromatic N) is 3. The Morgan fingerprint density at radius 2 is 1.47 bits per heavy atom. The molecule has 0 spiro atoms. The van der Waals surface area contributed by atoms with Gasteiger partial charge in [-0.05, 0) is 115 Å². The van der Waals surface area contributed by atoms with E-state index in [0.29, 0.717) is 17.8 Å². The van der Waals surface area contributed by atoms with Gasteiger partial charge in [0.2, 0.25) is 0 Å². The number of nitrogens with one attached hydrogen (secondary N) is 2. The van der Waals surface area contributed by atoms with Crippen LogP contribution in [0.2, 0.25) is 0 Å². The molecule has 284 valence electrons. The molecule has 58 heavy (non-hydrogen) atoms. The first-order valence-electron chi connectivity index (χ1n) is 21.4. The maximum Gasteiger partial charge on any atom is 0.127 e. The number of aliphatic imine (C=N–C) groups is 1. The molecule has 5 atom stereocenters. The van der Waals surface area contributed by atoms with Crippen LogP contribution in [0, 0.1) is 11.8 Å². The zero-order chi connectivity index (χ0) is 38.2. The van der Waals surface area contributed by atoms with Crippen molar-refractivity contribution in [2.75, 3.05) is 4.90 Å². The maximum absolute atomic E-state index is 5.38. The Morgan fingerprint density at radius 1 is 0.690 bits per heavy atom. The Hall–Kier alpha value is -6.17. The average Bonchev–Trinajstić information content (AvgIpc) is 3.80. The van der Waals surface area contributed by atoms with Gasteiger partial charge in [-0.15, -0.1) is 0 Å². The first-order valence-corrected chi connectivity index (χ1v) is 21.4. The predicted molar refractivity (Wildman–Crippen MR) is 239 cm³/mol. The van der Waals surface area contributed by atoms with E-state index in [1.807, 2.05) is 0 Å². The zero-order valence-corrected chi connectivity index (χ0v) is 32.7. The standard InChI is InChI=1S/C53H47N5/c1-3-14-34(15-4-1)51-54-52(35-16-5-2-6-17-35)56-53(55-51)39-27-26-37-31-40(29-28-36(37)30-39)57-46-22-10-9-21-43(46)45-32-38-18-13-25-49(44(38)33-50(45)57)58-47-23-11-7-19-41(47)42-20-8-12-24-48(42)58/h1,3-5,7-16,18-27,31,33,35-36,45,51-52,54H,2,6,17,28-30,32H2,(H,55,56). The summed E-state index contributed by atoms with van der Waals surface area (Å²) in [6.07, 6.45) is 22.4. The van der Waals surface area contributed by atoms with Gasteiger partial charge in [0, 0.05) is 45.3 Å². The summed E-state index contributed by atoms with van der Waals surface area (Å²) in [7, 11) is 0. The van der Waals surface area contributed by atoms with Gasteiger partial charge in [0.05, 0.1) is 16.7 Å². The molecule has 0 amide bonds. The fraction of sp³-hybridized carbons (Fsp3) is 0.226. The number of hydrogen-bond acceptors (Lipinski definition) is 4. The highest BCUT2D eigenvalue weighted by molar-refractivity contribution is 6.09. The molecule has 1 aromatic heterocycles. The first-order chi connectivity index (χ1) is 28.7. The van der Waals surface area contributed by atoms with E-state index in [4.69, 9.17) is 4.99 Å². The van der Waals surface area contributed by atoms with E-state index >= 15 is 0 Å². The quantitative estimate of drug-likeness (QED) is 0.172. The number of aromatic nitrogens is 1. The van der Waals surface area contributed by atoms with Crippen molar-refractivity contribution in [1.29, 1.82) is 0 Å². The van der Waals surface area contributed by atoms with E-state index < -0.39 is 0 Å². The molecule has 0 saturated carbocycles. The van der Waals surface area contributed by atoms with Crippen LogP contribution in [0.15, 0.2) is 179 Å². The third kappa shape index (κ3) is 5.51. The Morgan fingerprint density at radius 3 is 2.29 bits per heavy atom. The molecule has 3 heterocycles. The number of amidine groups is 1. The lowest BCUT2D eigenvalue weighted by Crippen LogP contribution is -2.51. The number of hydrogen-bond donors (Lipinski definition) is 2. The molecule has 0 fully saturated rings. The molecule has 5 unspecified atom stereocenters. The molecule has 6 aromatic rings. The third-order valence-electron chi connectivity index (χ3n) is 13.7. The summed E-state index contributed by atoms with van der Waals surface area (Å²) >= 11 is 0. The van der Waals surface area contributed by atoms with Gasteiger partial charge in [0.15, 0.2) is 0 Å². The Balaban J connectivity index is 0.920. The minimum atomic E-state index is 0.0331. The van der Waals surface area contributed by atoms with Gasteiger partial charge in [-0.2, -0.15) is 0 Å². The maximum atomic E-state index is 5.38. The van der Waals surface area contributed by atoms with Gasteiger partial charge >= 0.3 is 0 Å². The number of allylic oxidation sites excluding steroid dienone is 7. The fourth-order valence-electron chi connectivity index (χ4n) is 10.9. The van der Waals surface area contributed by atoms with Crippen LogP contribution >= 0.6 is 0 Å². The van der Waals surface area contributed by atoms with Crippen LogP contribution in [0.5, 0.6) is 0 Å². The summed E-state index contributed by atoms with van der Waals surface area (Å²) in [4.78, 5) is 8.01. The van der Waals surface area contributed by atoms with E-state index in [1.54, 1.807) is 0 Å². The average molecular weight is 754 g/mol. The molecule has 5 nitrogen and oxygen atoms in total. The van der Waals surface area contributed by atoms with E-state index in [2.05, 4.69) is 178 Å². The lowest BCUT2D eigenvalue weighted by molar-refractivity contribution is 0.318. The molecule has 0 bridgehead atoms. The molecule has 4 aliphatic carbocycles. The smallest absolute Gasteiger partial charge is 0.127 e. The van der Waals surface area contributed by atoms with Crippen LogP contribution in [0.3, 0.4) is 0 Å². The monoisotopic (exact) mass is 753 g/mol. The highest BCUT2D eigenvalue weighted by atomic mass is 15.3. The minimum absolute atomic E-state index is 0.0331. The summed E-state index contributed by atoms with van der Waals surface area (Å²) in [5.41, 5.74) is 16.1. The van der Waals surface area contributed by atoms with Crippen LogP contribution in [0.1, 0.15) is 72.9 Å². The predicted octanol–water partition coefficient (Wildman–Crippen LogP) is 11.8. The van der Waals surface area contributed by atoms with E-state index in [9.17, 15) is 0 Å². The highest BCUT2D eigenvalue weighted by Crippen LogP contribution is 2.53. The molecular formula is C53H47N5. The van der Waals surface area contributed by atoms with Crippen LogP contribution in [-0.4, -0.2) is 16.6 Å². The van der Waals surface area contributed by atoms with Crippen LogP contribution in [-0.2, 0) is 6.42 Å². The number of rotatable bonds is 5. The molecule has 0 saturated heterocycles. The molecule has 0 radical (unpaired) electrons. The molecule has 2 N–H and O–H groups in total. The summed E-state index contributed by atoms with van der Waals surface area (Å²) in [5.74, 6) is 2.28. The third-order valence-corrected chi connectivity index (χ3v) is 13.7.